The summed E-state index contributed by atoms with van der Waals surface area (Å²) in [6.07, 6.45) is 8.06. The molecule has 1 N–H and O–H groups in total. The third-order valence-corrected chi connectivity index (χ3v) is 6.43. The number of piperidine rings is 1. The minimum absolute atomic E-state index is 0.212. The first-order valence-electron chi connectivity index (χ1n) is 8.52. The highest BCUT2D eigenvalue weighted by Gasteiger charge is 2.46. The molecular weight excluding hydrogens is 320 g/mol. The average molecular weight is 342 g/mol. The van der Waals surface area contributed by atoms with Crippen LogP contribution in [0.15, 0.2) is 29.9 Å². The van der Waals surface area contributed by atoms with E-state index in [1.54, 1.807) is 23.7 Å². The number of aromatic nitrogens is 2. The van der Waals surface area contributed by atoms with Crippen LogP contribution in [0.5, 0.6) is 0 Å². The van der Waals surface area contributed by atoms with Crippen molar-refractivity contribution < 1.29 is 4.79 Å². The molecule has 0 atom stereocenters. The summed E-state index contributed by atoms with van der Waals surface area (Å²) in [6, 6.07) is 4.32. The zero-order chi connectivity index (χ0) is 16.6. The maximum Gasteiger partial charge on any atom is 0.264 e. The van der Waals surface area contributed by atoms with E-state index in [9.17, 15) is 4.79 Å². The number of carbonyl (C=O) groups is 1. The van der Waals surface area contributed by atoms with Gasteiger partial charge in [-0.15, -0.1) is 11.3 Å². The first-order valence-corrected chi connectivity index (χ1v) is 9.40. The number of nitrogens with one attached hydrogen (secondary N) is 1. The van der Waals surface area contributed by atoms with Crippen LogP contribution in [0.25, 0.3) is 0 Å². The normalized spacial score (nSPS) is 20.0. The second-order valence-electron chi connectivity index (χ2n) is 7.05. The molecule has 3 heterocycles. The third kappa shape index (κ3) is 2.90. The molecule has 5 nitrogen and oxygen atoms in total. The average Bonchev–Trinajstić information content (AvgIpc) is 3.00. The van der Waals surface area contributed by atoms with Crippen LogP contribution in [-0.4, -0.2) is 39.9 Å². The number of rotatable bonds is 3. The largest absolute Gasteiger partial charge is 0.351 e. The molecule has 24 heavy (non-hydrogen) atoms. The third-order valence-electron chi connectivity index (χ3n) is 5.43. The lowest BCUT2D eigenvalue weighted by Crippen LogP contribution is -2.52. The van der Waals surface area contributed by atoms with Gasteiger partial charge < -0.3 is 10.2 Å². The molecule has 1 aliphatic heterocycles. The molecule has 0 bridgehead atoms. The summed E-state index contributed by atoms with van der Waals surface area (Å²) in [5, 5.41) is 5.41. The lowest BCUT2D eigenvalue weighted by Gasteiger charge is -2.52. The van der Waals surface area contributed by atoms with E-state index in [1.165, 1.54) is 0 Å². The highest BCUT2D eigenvalue weighted by atomic mass is 32.1. The van der Waals surface area contributed by atoms with Crippen LogP contribution in [0.2, 0.25) is 0 Å². The number of amides is 1. The Morgan fingerprint density at radius 2 is 2.00 bits per heavy atom. The summed E-state index contributed by atoms with van der Waals surface area (Å²) in [6.45, 7) is 3.78. The molecule has 2 aliphatic rings. The van der Waals surface area contributed by atoms with Crippen LogP contribution in [-0.2, 0) is 0 Å². The predicted molar refractivity (Wildman–Crippen MR) is 95.3 cm³/mol. The minimum Gasteiger partial charge on any atom is -0.351 e. The topological polar surface area (TPSA) is 58.1 Å². The fourth-order valence-corrected chi connectivity index (χ4v) is 4.86. The van der Waals surface area contributed by atoms with Crippen molar-refractivity contribution >= 4 is 23.2 Å². The quantitative estimate of drug-likeness (QED) is 0.929. The molecule has 1 saturated carbocycles. The van der Waals surface area contributed by atoms with E-state index in [0.717, 1.165) is 55.2 Å². The summed E-state index contributed by atoms with van der Waals surface area (Å²) >= 11 is 1.56. The number of thiophene rings is 1. The molecule has 1 saturated heterocycles. The fourth-order valence-electron chi connectivity index (χ4n) is 3.97. The molecule has 4 rings (SSSR count). The van der Waals surface area contributed by atoms with Crippen molar-refractivity contribution in [2.24, 2.45) is 5.41 Å². The van der Waals surface area contributed by atoms with Gasteiger partial charge in [0.15, 0.2) is 0 Å². The highest BCUT2D eigenvalue weighted by molar-refractivity contribution is 7.12. The molecule has 2 aromatic rings. The number of likely N-dealkylation sites (tertiary alicyclic amines) is 1. The van der Waals surface area contributed by atoms with Gasteiger partial charge in [-0.05, 0) is 61.1 Å². The molecule has 1 spiro atoms. The number of anilines is 1. The van der Waals surface area contributed by atoms with Gasteiger partial charge in [-0.2, -0.15) is 0 Å². The Morgan fingerprint density at radius 1 is 1.29 bits per heavy atom. The van der Waals surface area contributed by atoms with Crippen molar-refractivity contribution in [1.29, 1.82) is 0 Å². The van der Waals surface area contributed by atoms with Gasteiger partial charge in [-0.1, -0.05) is 0 Å². The van der Waals surface area contributed by atoms with E-state index in [-0.39, 0.29) is 5.91 Å². The lowest BCUT2D eigenvalue weighted by atomic mass is 9.60. The summed E-state index contributed by atoms with van der Waals surface area (Å²) in [4.78, 5) is 24.0. The summed E-state index contributed by atoms with van der Waals surface area (Å²) in [5.74, 6) is 0.933. The SMILES string of the molecule is Cc1ccsc1C(=O)N1CCC2(CC1)CC(Nc1ncccn1)C2. The van der Waals surface area contributed by atoms with Gasteiger partial charge in [0.25, 0.3) is 5.91 Å². The molecule has 0 unspecified atom stereocenters. The molecule has 6 heteroatoms. The number of aryl methyl sites for hydroxylation is 1. The smallest absolute Gasteiger partial charge is 0.264 e. The van der Waals surface area contributed by atoms with Crippen molar-refractivity contribution in [1.82, 2.24) is 14.9 Å². The van der Waals surface area contributed by atoms with E-state index in [4.69, 9.17) is 0 Å². The lowest BCUT2D eigenvalue weighted by molar-refractivity contribution is 0.0220. The van der Waals surface area contributed by atoms with Gasteiger partial charge in [0.1, 0.15) is 0 Å². The summed E-state index contributed by atoms with van der Waals surface area (Å²) < 4.78 is 0. The van der Waals surface area contributed by atoms with E-state index < -0.39 is 0 Å². The molecule has 2 fully saturated rings. The predicted octanol–water partition coefficient (Wildman–Crippen LogP) is 3.34. The Morgan fingerprint density at radius 3 is 2.62 bits per heavy atom. The van der Waals surface area contributed by atoms with Gasteiger partial charge >= 0.3 is 0 Å². The molecule has 1 amide bonds. The molecule has 2 aromatic heterocycles. The second-order valence-corrected chi connectivity index (χ2v) is 7.96. The van der Waals surface area contributed by atoms with Gasteiger partial charge in [0.05, 0.1) is 4.88 Å². The maximum absolute atomic E-state index is 12.6. The Kier molecular flexibility index (Phi) is 4.00. The molecular formula is C18H22N4OS. The van der Waals surface area contributed by atoms with Crippen LogP contribution in [0.3, 0.4) is 0 Å². The van der Waals surface area contributed by atoms with Gasteiger partial charge in [0, 0.05) is 31.5 Å². The zero-order valence-corrected chi connectivity index (χ0v) is 14.7. The van der Waals surface area contributed by atoms with Crippen LogP contribution in [0, 0.1) is 12.3 Å². The number of nitrogens with zero attached hydrogens (tertiary/aromatic N) is 3. The van der Waals surface area contributed by atoms with Crippen molar-refractivity contribution in [3.8, 4) is 0 Å². The minimum atomic E-state index is 0.212. The Bertz CT molecular complexity index is 714. The second kappa shape index (κ2) is 6.16. The molecule has 1 aliphatic carbocycles. The number of carbonyl (C=O) groups excluding carboxylic acids is 1. The zero-order valence-electron chi connectivity index (χ0n) is 13.9. The van der Waals surface area contributed by atoms with E-state index in [0.29, 0.717) is 11.5 Å². The van der Waals surface area contributed by atoms with Gasteiger partial charge in [-0.25, -0.2) is 9.97 Å². The van der Waals surface area contributed by atoms with Crippen molar-refractivity contribution in [2.75, 3.05) is 18.4 Å². The molecule has 0 aromatic carbocycles. The first kappa shape index (κ1) is 15.6. The molecule has 0 radical (unpaired) electrons. The van der Waals surface area contributed by atoms with Gasteiger partial charge in [0.2, 0.25) is 5.95 Å². The summed E-state index contributed by atoms with van der Waals surface area (Å²) in [7, 11) is 0. The van der Waals surface area contributed by atoms with E-state index in [2.05, 4.69) is 15.3 Å². The number of hydrogen-bond acceptors (Lipinski definition) is 5. The Hall–Kier alpha value is -1.95. The van der Waals surface area contributed by atoms with Crippen molar-refractivity contribution in [3.05, 3.63) is 40.3 Å². The number of hydrogen-bond donors (Lipinski definition) is 1. The fraction of sp³-hybridized carbons (Fsp3) is 0.500. The Balaban J connectivity index is 1.30. The molecule has 126 valence electrons. The standard InChI is InChI=1S/C18H22N4OS/c1-13-3-10-24-15(13)16(23)22-8-4-18(5-9-22)11-14(12-18)21-17-19-6-2-7-20-17/h2-3,6-7,10,14H,4-5,8-9,11-12H2,1H3,(H,19,20,21). The van der Waals surface area contributed by atoms with Crippen LogP contribution < -0.4 is 5.32 Å². The van der Waals surface area contributed by atoms with Crippen LogP contribution in [0.4, 0.5) is 5.95 Å². The first-order chi connectivity index (χ1) is 11.7. The van der Waals surface area contributed by atoms with Crippen molar-refractivity contribution in [3.63, 3.8) is 0 Å². The monoisotopic (exact) mass is 342 g/mol. The van der Waals surface area contributed by atoms with Crippen molar-refractivity contribution in [2.45, 2.75) is 38.6 Å². The van der Waals surface area contributed by atoms with Crippen LogP contribution in [0.1, 0.15) is 40.9 Å². The maximum atomic E-state index is 12.6. The Labute approximate surface area is 146 Å². The summed E-state index contributed by atoms with van der Waals surface area (Å²) in [5.41, 5.74) is 1.51. The van der Waals surface area contributed by atoms with Gasteiger partial charge in [-0.3, -0.25) is 4.79 Å². The van der Waals surface area contributed by atoms with E-state index in [1.807, 2.05) is 29.3 Å². The van der Waals surface area contributed by atoms with E-state index >= 15 is 0 Å². The highest BCUT2D eigenvalue weighted by Crippen LogP contribution is 2.50. The van der Waals surface area contributed by atoms with Crippen LogP contribution >= 0.6 is 11.3 Å².